The molecular weight excluding hydrogens is 260 g/mol. The Hall–Kier alpha value is -1.21. The molecule has 0 aromatic heterocycles. The quantitative estimate of drug-likeness (QED) is 0.487. The van der Waals surface area contributed by atoms with Crippen molar-refractivity contribution >= 4 is 18.2 Å². The lowest BCUT2D eigenvalue weighted by atomic mass is 9.94. The highest BCUT2D eigenvalue weighted by atomic mass is 32.1. The number of hydrogen-bond acceptors (Lipinski definition) is 1. The lowest BCUT2D eigenvalue weighted by Gasteiger charge is -2.12. The van der Waals surface area contributed by atoms with E-state index in [1.807, 2.05) is 5.41 Å². The van der Waals surface area contributed by atoms with Gasteiger partial charge in [0.2, 0.25) is 0 Å². The summed E-state index contributed by atoms with van der Waals surface area (Å²) in [7, 11) is 0. The molecule has 0 aliphatic rings. The maximum Gasteiger partial charge on any atom is -0.0181 e. The molecule has 1 rings (SSSR count). The predicted octanol–water partition coefficient (Wildman–Crippen LogP) is 6.14. The summed E-state index contributed by atoms with van der Waals surface area (Å²) in [4.78, 5) is 0. The van der Waals surface area contributed by atoms with Crippen molar-refractivity contribution in [3.05, 3.63) is 64.6 Å². The zero-order chi connectivity index (χ0) is 15.1. The first kappa shape index (κ1) is 16.8. The standard InChI is InChI=1S/C19H26S/c1-14(2)16(5)11-18(12-19(13-20)15(3)4)17-9-7-6-8-10-17/h6-15,20H,1-5H3/b16-11+,18-12+,19-13-. The predicted molar refractivity (Wildman–Crippen MR) is 94.9 cm³/mol. The number of thiol groups is 1. The van der Waals surface area contributed by atoms with Gasteiger partial charge in [-0.1, -0.05) is 75.8 Å². The van der Waals surface area contributed by atoms with Crippen molar-refractivity contribution in [2.75, 3.05) is 0 Å². The van der Waals surface area contributed by atoms with Gasteiger partial charge in [-0.05, 0) is 40.9 Å². The lowest BCUT2D eigenvalue weighted by Crippen LogP contribution is -1.94. The van der Waals surface area contributed by atoms with Crippen LogP contribution >= 0.6 is 12.6 Å². The van der Waals surface area contributed by atoms with E-state index >= 15 is 0 Å². The Kier molecular flexibility index (Phi) is 6.87. The first-order valence-electron chi connectivity index (χ1n) is 7.25. The fraction of sp³-hybridized carbons (Fsp3) is 0.368. The molecule has 0 N–H and O–H groups in total. The topological polar surface area (TPSA) is 0 Å². The van der Waals surface area contributed by atoms with Crippen LogP contribution in [-0.2, 0) is 0 Å². The molecule has 0 fully saturated rings. The molecule has 0 aliphatic heterocycles. The second kappa shape index (κ2) is 8.16. The van der Waals surface area contributed by atoms with Gasteiger partial charge in [-0.25, -0.2) is 0 Å². The molecule has 0 nitrogen and oxygen atoms in total. The van der Waals surface area contributed by atoms with Gasteiger partial charge in [-0.15, -0.1) is 0 Å². The summed E-state index contributed by atoms with van der Waals surface area (Å²) in [6.07, 6.45) is 4.54. The monoisotopic (exact) mass is 286 g/mol. The molecule has 1 aromatic carbocycles. The molecule has 0 aliphatic carbocycles. The van der Waals surface area contributed by atoms with Gasteiger partial charge in [0.1, 0.15) is 0 Å². The van der Waals surface area contributed by atoms with Crippen molar-refractivity contribution < 1.29 is 0 Å². The van der Waals surface area contributed by atoms with Gasteiger partial charge < -0.3 is 0 Å². The van der Waals surface area contributed by atoms with E-state index in [1.165, 1.54) is 22.3 Å². The number of rotatable bonds is 5. The van der Waals surface area contributed by atoms with Crippen LogP contribution in [0.15, 0.2) is 59.0 Å². The molecule has 1 heteroatoms. The molecule has 20 heavy (non-hydrogen) atoms. The Morgan fingerprint density at radius 1 is 0.950 bits per heavy atom. The van der Waals surface area contributed by atoms with Crippen molar-refractivity contribution in [1.82, 2.24) is 0 Å². The van der Waals surface area contributed by atoms with Gasteiger partial charge >= 0.3 is 0 Å². The maximum absolute atomic E-state index is 4.35. The molecule has 108 valence electrons. The minimum Gasteiger partial charge on any atom is -0.151 e. The average molecular weight is 286 g/mol. The Morgan fingerprint density at radius 3 is 2.00 bits per heavy atom. The smallest absolute Gasteiger partial charge is 0.0181 e. The Labute approximate surface area is 129 Å². The van der Waals surface area contributed by atoms with Crippen LogP contribution in [0.1, 0.15) is 40.2 Å². The van der Waals surface area contributed by atoms with E-state index in [0.29, 0.717) is 11.8 Å². The van der Waals surface area contributed by atoms with Gasteiger partial charge in [0.15, 0.2) is 0 Å². The first-order valence-corrected chi connectivity index (χ1v) is 7.77. The highest BCUT2D eigenvalue weighted by Crippen LogP contribution is 2.24. The molecule has 0 unspecified atom stereocenters. The molecule has 0 bridgehead atoms. The van der Waals surface area contributed by atoms with Crippen LogP contribution in [0.4, 0.5) is 0 Å². The third kappa shape index (κ3) is 5.05. The molecule has 0 atom stereocenters. The van der Waals surface area contributed by atoms with Crippen LogP contribution in [0.5, 0.6) is 0 Å². The maximum atomic E-state index is 4.35. The minimum absolute atomic E-state index is 0.471. The highest BCUT2D eigenvalue weighted by molar-refractivity contribution is 7.83. The van der Waals surface area contributed by atoms with E-state index < -0.39 is 0 Å². The molecule has 0 saturated heterocycles. The van der Waals surface area contributed by atoms with Crippen molar-refractivity contribution in [3.8, 4) is 0 Å². The SMILES string of the molecule is C\C(=C/C(=C\C(=C\S)C(C)C)c1ccccc1)C(C)C. The molecule has 1 aromatic rings. The van der Waals surface area contributed by atoms with Gasteiger partial charge in [-0.3, -0.25) is 0 Å². The largest absolute Gasteiger partial charge is 0.151 e. The summed E-state index contributed by atoms with van der Waals surface area (Å²) in [5.74, 6) is 1.03. The minimum atomic E-state index is 0.471. The number of hydrogen-bond donors (Lipinski definition) is 1. The van der Waals surface area contributed by atoms with Crippen molar-refractivity contribution in [2.24, 2.45) is 11.8 Å². The van der Waals surface area contributed by atoms with E-state index in [1.54, 1.807) is 0 Å². The molecule has 0 saturated carbocycles. The Bertz CT molecular complexity index is 502. The highest BCUT2D eigenvalue weighted by Gasteiger charge is 2.05. The van der Waals surface area contributed by atoms with E-state index in [0.717, 1.165) is 0 Å². The summed E-state index contributed by atoms with van der Waals surface area (Å²) in [5.41, 5.74) is 5.15. The van der Waals surface area contributed by atoms with Crippen molar-refractivity contribution in [2.45, 2.75) is 34.6 Å². The van der Waals surface area contributed by atoms with E-state index in [-0.39, 0.29) is 0 Å². The fourth-order valence-electron chi connectivity index (χ4n) is 1.78. The van der Waals surface area contributed by atoms with Crippen LogP contribution in [-0.4, -0.2) is 0 Å². The van der Waals surface area contributed by atoms with Crippen LogP contribution in [0.3, 0.4) is 0 Å². The van der Waals surface area contributed by atoms with Crippen molar-refractivity contribution in [1.29, 1.82) is 0 Å². The van der Waals surface area contributed by atoms with Gasteiger partial charge in [0, 0.05) is 0 Å². The van der Waals surface area contributed by atoms with Gasteiger partial charge in [0.25, 0.3) is 0 Å². The molecule has 0 heterocycles. The van der Waals surface area contributed by atoms with Gasteiger partial charge in [0.05, 0.1) is 0 Å². The summed E-state index contributed by atoms with van der Waals surface area (Å²) in [6, 6.07) is 10.5. The second-order valence-corrected chi connectivity index (χ2v) is 6.05. The van der Waals surface area contributed by atoms with E-state index in [4.69, 9.17) is 0 Å². The molecule has 0 radical (unpaired) electrons. The van der Waals surface area contributed by atoms with Gasteiger partial charge in [-0.2, -0.15) is 12.6 Å². The fourth-order valence-corrected chi connectivity index (χ4v) is 2.16. The zero-order valence-electron chi connectivity index (χ0n) is 13.2. The van der Waals surface area contributed by atoms with E-state index in [9.17, 15) is 0 Å². The summed E-state index contributed by atoms with van der Waals surface area (Å²) < 4.78 is 0. The van der Waals surface area contributed by atoms with Crippen LogP contribution in [0.25, 0.3) is 5.57 Å². The molecular formula is C19H26S. The second-order valence-electron chi connectivity index (χ2n) is 5.79. The number of allylic oxidation sites excluding steroid dienone is 5. The number of benzene rings is 1. The lowest BCUT2D eigenvalue weighted by molar-refractivity contribution is 0.770. The zero-order valence-corrected chi connectivity index (χ0v) is 14.1. The Morgan fingerprint density at radius 2 is 1.55 bits per heavy atom. The normalized spacial score (nSPS) is 14.3. The first-order chi connectivity index (χ1) is 9.45. The van der Waals surface area contributed by atoms with Crippen molar-refractivity contribution in [3.63, 3.8) is 0 Å². The Balaban J connectivity index is 3.29. The molecule has 0 amide bonds. The third-order valence-electron chi connectivity index (χ3n) is 3.54. The van der Waals surface area contributed by atoms with E-state index in [2.05, 4.69) is 89.7 Å². The summed E-state index contributed by atoms with van der Waals surface area (Å²) in [5, 5.41) is 1.91. The summed E-state index contributed by atoms with van der Waals surface area (Å²) >= 11 is 4.35. The van der Waals surface area contributed by atoms with Crippen LogP contribution in [0.2, 0.25) is 0 Å². The van der Waals surface area contributed by atoms with Crippen LogP contribution in [0, 0.1) is 11.8 Å². The molecule has 0 spiro atoms. The summed E-state index contributed by atoms with van der Waals surface area (Å²) in [6.45, 7) is 11.0. The van der Waals surface area contributed by atoms with Crippen LogP contribution < -0.4 is 0 Å². The third-order valence-corrected chi connectivity index (χ3v) is 3.84. The average Bonchev–Trinajstić information content (AvgIpc) is 2.43.